The van der Waals surface area contributed by atoms with Gasteiger partial charge in [0.2, 0.25) is 0 Å². The third-order valence-electron chi connectivity index (χ3n) is 10.7. The van der Waals surface area contributed by atoms with Crippen LogP contribution in [-0.4, -0.2) is 14.1 Å². The van der Waals surface area contributed by atoms with Gasteiger partial charge in [-0.2, -0.15) is 0 Å². The maximum absolute atomic E-state index is 6.68. The van der Waals surface area contributed by atoms with Crippen LogP contribution in [0, 0.1) is 11.7 Å². The van der Waals surface area contributed by atoms with E-state index in [0.717, 1.165) is 68.4 Å². The summed E-state index contributed by atoms with van der Waals surface area (Å²) in [5.74, 6) is 2.40. The topological polar surface area (TPSA) is 35.9 Å². The van der Waals surface area contributed by atoms with Crippen LogP contribution in [0.1, 0.15) is 52.7 Å². The molecule has 5 nitrogen and oxygen atoms in total. The molecule has 0 aliphatic heterocycles. The lowest BCUT2D eigenvalue weighted by Crippen LogP contribution is -2.30. The Bertz CT molecular complexity index is 2850. The van der Waals surface area contributed by atoms with Crippen LogP contribution in [0.5, 0.6) is 11.5 Å². The van der Waals surface area contributed by atoms with Gasteiger partial charge in [-0.15, -0.1) is 0 Å². The number of pyridine rings is 1. The first-order chi connectivity index (χ1) is 28.0. The van der Waals surface area contributed by atoms with Crippen LogP contribution in [0.25, 0.3) is 61.3 Å². The molecule has 0 amide bonds. The van der Waals surface area contributed by atoms with Gasteiger partial charge in [-0.1, -0.05) is 133 Å². The summed E-state index contributed by atoms with van der Waals surface area (Å²) >= 11 is 0. The summed E-state index contributed by atoms with van der Waals surface area (Å²) in [6.45, 7) is 13.6. The van der Waals surface area contributed by atoms with Gasteiger partial charge < -0.3 is 4.74 Å². The first-order valence-electron chi connectivity index (χ1n) is 20.1. The molecule has 0 atom stereocenters. The van der Waals surface area contributed by atoms with Crippen molar-refractivity contribution in [3.05, 3.63) is 188 Å². The minimum atomic E-state index is 0.0213. The van der Waals surface area contributed by atoms with Gasteiger partial charge in [0.25, 0.3) is 6.33 Å². The number of aromatic nitrogens is 4. The minimum absolute atomic E-state index is 0.0213. The molecule has 58 heavy (non-hydrogen) atoms. The second-order valence-electron chi connectivity index (χ2n) is 17.4. The molecule has 0 unspecified atom stereocenters. The van der Waals surface area contributed by atoms with E-state index < -0.39 is 0 Å². The number of nitrogens with zero attached hydrogens (tertiary/aromatic N) is 4. The van der Waals surface area contributed by atoms with Gasteiger partial charge in [-0.05, 0) is 105 Å². The largest absolute Gasteiger partial charge is 0.458 e. The maximum Gasteiger partial charge on any atom is 0.268 e. The predicted octanol–water partition coefficient (Wildman–Crippen LogP) is 13.1. The van der Waals surface area contributed by atoms with Gasteiger partial charge in [-0.25, -0.2) is 4.98 Å². The van der Waals surface area contributed by atoms with Crippen molar-refractivity contribution in [1.29, 1.82) is 0 Å². The van der Waals surface area contributed by atoms with Crippen molar-refractivity contribution in [1.82, 2.24) is 14.1 Å². The van der Waals surface area contributed by atoms with Gasteiger partial charge in [0.15, 0.2) is 0 Å². The van der Waals surface area contributed by atoms with E-state index in [0.29, 0.717) is 0 Å². The summed E-state index contributed by atoms with van der Waals surface area (Å²) < 4.78 is 13.1. The van der Waals surface area contributed by atoms with Crippen LogP contribution in [0.3, 0.4) is 0 Å². The first-order valence-corrected chi connectivity index (χ1v) is 20.1. The van der Waals surface area contributed by atoms with Crippen molar-refractivity contribution in [2.45, 2.75) is 53.4 Å². The molecule has 3 heterocycles. The highest BCUT2D eigenvalue weighted by molar-refractivity contribution is 6.09. The van der Waals surface area contributed by atoms with Gasteiger partial charge in [0.1, 0.15) is 17.3 Å². The number of para-hydroxylation sites is 1. The molecule has 0 fully saturated rings. The average molecular weight is 757 g/mol. The maximum atomic E-state index is 6.68. The minimum Gasteiger partial charge on any atom is -0.458 e. The van der Waals surface area contributed by atoms with Crippen molar-refractivity contribution >= 4 is 21.8 Å². The Morgan fingerprint density at radius 1 is 0.621 bits per heavy atom. The molecule has 0 aliphatic rings. The molecule has 0 N–H and O–H groups in total. The summed E-state index contributed by atoms with van der Waals surface area (Å²) in [5.41, 5.74) is 11.5. The average Bonchev–Trinajstić information content (AvgIpc) is 3.83. The van der Waals surface area contributed by atoms with Crippen molar-refractivity contribution < 1.29 is 9.30 Å². The molecule has 0 saturated carbocycles. The first kappa shape index (κ1) is 36.9. The fraction of sp³-hybridized carbons (Fsp3) is 0.170. The van der Waals surface area contributed by atoms with Gasteiger partial charge in [0.05, 0.1) is 22.4 Å². The molecule has 5 heteroatoms. The molecule has 9 aromatic rings. The zero-order valence-electron chi connectivity index (χ0n) is 34.1. The summed E-state index contributed by atoms with van der Waals surface area (Å²) in [7, 11) is 0. The Hall–Kier alpha value is -6.72. The second-order valence-corrected chi connectivity index (χ2v) is 17.4. The number of fused-ring (bicyclic) bond motifs is 3. The summed E-state index contributed by atoms with van der Waals surface area (Å²) in [6, 6.07) is 53.4. The van der Waals surface area contributed by atoms with Crippen LogP contribution < -0.4 is 9.30 Å². The van der Waals surface area contributed by atoms with Crippen molar-refractivity contribution in [2.24, 2.45) is 5.41 Å². The number of hydrogen-bond donors (Lipinski definition) is 0. The number of benzene rings is 6. The molecule has 0 aliphatic carbocycles. The lowest BCUT2D eigenvalue weighted by molar-refractivity contribution is -0.598. The van der Waals surface area contributed by atoms with Crippen LogP contribution in [-0.2, 0) is 11.8 Å². The zero-order valence-corrected chi connectivity index (χ0v) is 34.1. The Kier molecular flexibility index (Phi) is 9.32. The van der Waals surface area contributed by atoms with E-state index in [1.54, 1.807) is 0 Å². The molecule has 0 bridgehead atoms. The zero-order chi connectivity index (χ0) is 40.0. The van der Waals surface area contributed by atoms with Crippen molar-refractivity contribution in [2.75, 3.05) is 0 Å². The fourth-order valence-corrected chi connectivity index (χ4v) is 8.00. The third kappa shape index (κ3) is 7.32. The van der Waals surface area contributed by atoms with E-state index in [2.05, 4.69) is 203 Å². The summed E-state index contributed by atoms with van der Waals surface area (Å²) in [6.07, 6.45) is 10.6. The molecule has 9 rings (SSSR count). The smallest absolute Gasteiger partial charge is 0.268 e. The van der Waals surface area contributed by atoms with Crippen LogP contribution in [0.2, 0.25) is 0 Å². The fourth-order valence-electron chi connectivity index (χ4n) is 8.00. The summed E-state index contributed by atoms with van der Waals surface area (Å²) in [4.78, 5) is 4.93. The van der Waals surface area contributed by atoms with Gasteiger partial charge in [-0.3, -0.25) is 13.7 Å². The summed E-state index contributed by atoms with van der Waals surface area (Å²) in [5, 5.41) is 2.38. The van der Waals surface area contributed by atoms with Crippen LogP contribution in [0.4, 0.5) is 0 Å². The molecule has 0 radical (unpaired) electrons. The molecule has 0 spiro atoms. The van der Waals surface area contributed by atoms with Crippen LogP contribution in [0.15, 0.2) is 170 Å². The Morgan fingerprint density at radius 2 is 1.31 bits per heavy atom. The molecule has 6 aromatic carbocycles. The van der Waals surface area contributed by atoms with Crippen LogP contribution >= 0.6 is 0 Å². The normalized spacial score (nSPS) is 12.0. The molecular weight excluding hydrogens is 709 g/mol. The monoisotopic (exact) mass is 756 g/mol. The van der Waals surface area contributed by atoms with Gasteiger partial charge in [0, 0.05) is 35.4 Å². The van der Waals surface area contributed by atoms with E-state index in [4.69, 9.17) is 9.72 Å². The lowest BCUT2D eigenvalue weighted by Gasteiger charge is -2.19. The number of hydrogen-bond acceptors (Lipinski definition) is 2. The molecule has 3 aromatic heterocycles. The van der Waals surface area contributed by atoms with E-state index in [-0.39, 0.29) is 10.8 Å². The molecular formula is C53H48N4O. The number of imidazole rings is 1. The highest BCUT2D eigenvalue weighted by Crippen LogP contribution is 2.38. The Morgan fingerprint density at radius 3 is 2.00 bits per heavy atom. The van der Waals surface area contributed by atoms with E-state index in [1.807, 2.05) is 29.1 Å². The van der Waals surface area contributed by atoms with Gasteiger partial charge >= 0.3 is 0 Å². The lowest BCUT2D eigenvalue weighted by atomic mass is 9.86. The Labute approximate surface area is 341 Å². The highest BCUT2D eigenvalue weighted by atomic mass is 16.5. The molecule has 0 saturated heterocycles. The number of ether oxygens (including phenoxy) is 1. The van der Waals surface area contributed by atoms with E-state index in [1.165, 1.54) is 21.9 Å². The third-order valence-corrected chi connectivity index (χ3v) is 10.7. The number of rotatable bonds is 8. The second kappa shape index (κ2) is 14.7. The quantitative estimate of drug-likeness (QED) is 0.114. The Balaban J connectivity index is 1.09. The van der Waals surface area contributed by atoms with E-state index >= 15 is 0 Å². The highest BCUT2D eigenvalue weighted by Gasteiger charge is 2.21. The van der Waals surface area contributed by atoms with E-state index in [9.17, 15) is 0 Å². The SMILES string of the molecule is CC(C)(C)Cc1ccnc(-n2c3ccc(C(C)(C)C)cc3c3ccc(Oc4cccc(-n5[c-][n+](-c6c(-c7ccccc7)cccc6-c6ccccc6)cc5)c4)cc32)c1. The standard InChI is InChI=1S/C53H48N4O/c1-52(2,3)35-37-27-28-54-50(31-37)57-48-26-23-40(53(4,5)6)32-47(48)46-25-24-43(34-49(46)57)58-42-20-13-19-41(33-42)55-29-30-56(36-55)51-44(38-15-9-7-10-16-38)21-14-22-45(51)39-17-11-8-12-18-39/h7-34H,35H2,1-6H3. The predicted molar refractivity (Wildman–Crippen MR) is 238 cm³/mol. The molecule has 286 valence electrons. The van der Waals surface area contributed by atoms with Crippen molar-refractivity contribution in [3.8, 4) is 50.9 Å². The van der Waals surface area contributed by atoms with Crippen molar-refractivity contribution in [3.63, 3.8) is 0 Å².